The van der Waals surface area contributed by atoms with Crippen LogP contribution in [0, 0.1) is 27.7 Å². The number of rotatable bonds is 2. The molecule has 0 unspecified atom stereocenters. The van der Waals surface area contributed by atoms with Crippen molar-refractivity contribution in [3.8, 4) is 11.4 Å². The molecule has 0 amide bonds. The van der Waals surface area contributed by atoms with Gasteiger partial charge >= 0.3 is 0 Å². The number of nitrogens with zero attached hydrogens (tertiary/aromatic N) is 5. The van der Waals surface area contributed by atoms with E-state index in [-0.39, 0.29) is 0 Å². The van der Waals surface area contributed by atoms with Crippen molar-refractivity contribution >= 4 is 21.9 Å². The second-order valence-electron chi connectivity index (χ2n) is 7.45. The van der Waals surface area contributed by atoms with Gasteiger partial charge in [0.1, 0.15) is 18.3 Å². The van der Waals surface area contributed by atoms with Crippen LogP contribution >= 0.6 is 0 Å². The predicted octanol–water partition coefficient (Wildman–Crippen LogP) is 4.99. The number of fused-ring (bicyclic) bond motifs is 3. The van der Waals surface area contributed by atoms with Crippen molar-refractivity contribution in [2.45, 2.75) is 27.7 Å². The van der Waals surface area contributed by atoms with Crippen LogP contribution in [0.25, 0.3) is 33.3 Å². The SMILES string of the molecule is Cc1cc(C)c(-n2c3ccccc3c3c(-n4cnnc4)cc(C)nc32)c(C)c1. The van der Waals surface area contributed by atoms with E-state index in [0.29, 0.717) is 0 Å². The lowest BCUT2D eigenvalue weighted by molar-refractivity contribution is 1.04. The van der Waals surface area contributed by atoms with Gasteiger partial charge in [-0.15, -0.1) is 10.2 Å². The molecule has 2 aromatic carbocycles. The number of pyridine rings is 1. The zero-order valence-corrected chi connectivity index (χ0v) is 16.4. The molecule has 0 bridgehead atoms. The lowest BCUT2D eigenvalue weighted by Crippen LogP contribution is -2.03. The lowest BCUT2D eigenvalue weighted by atomic mass is 10.0. The molecule has 28 heavy (non-hydrogen) atoms. The Morgan fingerprint density at radius 1 is 0.821 bits per heavy atom. The first-order chi connectivity index (χ1) is 13.5. The third-order valence-electron chi connectivity index (χ3n) is 5.29. The Hall–Kier alpha value is -3.47. The average Bonchev–Trinajstić information content (AvgIpc) is 3.28. The van der Waals surface area contributed by atoms with Crippen LogP contribution in [0.15, 0.2) is 55.1 Å². The van der Waals surface area contributed by atoms with E-state index in [1.807, 2.05) is 11.5 Å². The highest BCUT2D eigenvalue weighted by Crippen LogP contribution is 2.36. The molecule has 0 atom stereocenters. The fourth-order valence-corrected chi connectivity index (χ4v) is 4.33. The van der Waals surface area contributed by atoms with Crippen molar-refractivity contribution in [3.63, 3.8) is 0 Å². The van der Waals surface area contributed by atoms with E-state index in [1.165, 1.54) is 27.8 Å². The largest absolute Gasteiger partial charge is 0.293 e. The summed E-state index contributed by atoms with van der Waals surface area (Å²) in [4.78, 5) is 4.97. The molecule has 0 N–H and O–H groups in total. The zero-order valence-electron chi connectivity index (χ0n) is 16.4. The van der Waals surface area contributed by atoms with Crippen molar-refractivity contribution < 1.29 is 0 Å². The minimum absolute atomic E-state index is 0.958. The third-order valence-corrected chi connectivity index (χ3v) is 5.29. The van der Waals surface area contributed by atoms with Crippen molar-refractivity contribution in [1.82, 2.24) is 24.3 Å². The van der Waals surface area contributed by atoms with E-state index >= 15 is 0 Å². The normalized spacial score (nSPS) is 11.6. The molecule has 0 saturated heterocycles. The van der Waals surface area contributed by atoms with Gasteiger partial charge in [0, 0.05) is 11.1 Å². The van der Waals surface area contributed by atoms with Crippen LogP contribution in [-0.2, 0) is 0 Å². The van der Waals surface area contributed by atoms with Gasteiger partial charge < -0.3 is 0 Å². The molecule has 0 spiro atoms. The summed E-state index contributed by atoms with van der Waals surface area (Å²) in [5.74, 6) is 0. The first-order valence-electron chi connectivity index (χ1n) is 9.38. The molecule has 0 fully saturated rings. The van der Waals surface area contributed by atoms with Crippen LogP contribution < -0.4 is 0 Å². The minimum atomic E-state index is 0.958. The van der Waals surface area contributed by atoms with Crippen molar-refractivity contribution in [2.75, 3.05) is 0 Å². The molecule has 5 aromatic rings. The summed E-state index contributed by atoms with van der Waals surface area (Å²) in [6.07, 6.45) is 3.48. The van der Waals surface area contributed by atoms with Gasteiger partial charge in [-0.1, -0.05) is 35.9 Å². The first kappa shape index (κ1) is 16.7. The highest BCUT2D eigenvalue weighted by Gasteiger charge is 2.20. The van der Waals surface area contributed by atoms with Gasteiger partial charge in [0.25, 0.3) is 0 Å². The fraction of sp³-hybridized carbons (Fsp3) is 0.174. The Balaban J connectivity index is 2.01. The number of aromatic nitrogens is 5. The van der Waals surface area contributed by atoms with Crippen LogP contribution in [0.4, 0.5) is 0 Å². The van der Waals surface area contributed by atoms with Crippen LogP contribution in [0.2, 0.25) is 0 Å². The number of benzene rings is 2. The second-order valence-corrected chi connectivity index (χ2v) is 7.45. The average molecular weight is 367 g/mol. The van der Waals surface area contributed by atoms with Gasteiger partial charge in [0.2, 0.25) is 0 Å². The van der Waals surface area contributed by atoms with Crippen LogP contribution in [0.1, 0.15) is 22.4 Å². The monoisotopic (exact) mass is 367 g/mol. The Bertz CT molecular complexity index is 1320. The molecule has 5 heteroatoms. The highest BCUT2D eigenvalue weighted by molar-refractivity contribution is 6.12. The molecule has 138 valence electrons. The Kier molecular flexibility index (Phi) is 3.59. The van der Waals surface area contributed by atoms with Crippen LogP contribution in [0.5, 0.6) is 0 Å². The minimum Gasteiger partial charge on any atom is -0.293 e. The summed E-state index contributed by atoms with van der Waals surface area (Å²) in [5.41, 5.74) is 9.08. The van der Waals surface area contributed by atoms with Gasteiger partial charge in [-0.3, -0.25) is 9.13 Å². The number of hydrogen-bond donors (Lipinski definition) is 0. The summed E-state index contributed by atoms with van der Waals surface area (Å²) in [6.45, 7) is 8.52. The smallest absolute Gasteiger partial charge is 0.148 e. The van der Waals surface area contributed by atoms with Gasteiger partial charge in [0.05, 0.1) is 22.3 Å². The van der Waals surface area contributed by atoms with Crippen LogP contribution in [0.3, 0.4) is 0 Å². The molecule has 3 heterocycles. The molecule has 3 aromatic heterocycles. The Morgan fingerprint density at radius 2 is 1.50 bits per heavy atom. The molecular formula is C23H21N5. The molecule has 0 aliphatic carbocycles. The second kappa shape index (κ2) is 6.02. The third kappa shape index (κ3) is 2.36. The van der Waals surface area contributed by atoms with Crippen molar-refractivity contribution in [1.29, 1.82) is 0 Å². The molecule has 0 aliphatic rings. The maximum Gasteiger partial charge on any atom is 0.148 e. The molecule has 0 aliphatic heterocycles. The summed E-state index contributed by atoms with van der Waals surface area (Å²) in [6, 6.07) is 15.1. The lowest BCUT2D eigenvalue weighted by Gasteiger charge is -2.15. The molecule has 0 saturated carbocycles. The van der Waals surface area contributed by atoms with E-state index in [9.17, 15) is 0 Å². The van der Waals surface area contributed by atoms with Gasteiger partial charge in [-0.05, 0) is 51.0 Å². The number of para-hydroxylation sites is 1. The summed E-state index contributed by atoms with van der Waals surface area (Å²) < 4.78 is 4.26. The van der Waals surface area contributed by atoms with E-state index in [2.05, 4.69) is 78.0 Å². The van der Waals surface area contributed by atoms with E-state index in [1.54, 1.807) is 12.7 Å². The Labute approximate surface area is 163 Å². The number of aryl methyl sites for hydroxylation is 4. The van der Waals surface area contributed by atoms with Crippen LogP contribution in [-0.4, -0.2) is 24.3 Å². The maximum absolute atomic E-state index is 4.97. The molecular weight excluding hydrogens is 346 g/mol. The standard InChI is InChI=1S/C23H21N5/c1-14-9-15(2)22(16(3)10-14)28-19-8-6-5-7-18(19)21-20(27-12-24-25-13-27)11-17(4)26-23(21)28/h5-13H,1-4H3. The maximum atomic E-state index is 4.97. The molecule has 5 nitrogen and oxygen atoms in total. The summed E-state index contributed by atoms with van der Waals surface area (Å²) >= 11 is 0. The van der Waals surface area contributed by atoms with E-state index < -0.39 is 0 Å². The van der Waals surface area contributed by atoms with Gasteiger partial charge in [-0.2, -0.15) is 0 Å². The highest BCUT2D eigenvalue weighted by atomic mass is 15.2. The predicted molar refractivity (Wildman–Crippen MR) is 112 cm³/mol. The fourth-order valence-electron chi connectivity index (χ4n) is 4.33. The zero-order chi connectivity index (χ0) is 19.4. The first-order valence-corrected chi connectivity index (χ1v) is 9.38. The molecule has 0 radical (unpaired) electrons. The van der Waals surface area contributed by atoms with Gasteiger partial charge in [-0.25, -0.2) is 4.98 Å². The van der Waals surface area contributed by atoms with E-state index in [4.69, 9.17) is 4.98 Å². The summed E-state index contributed by atoms with van der Waals surface area (Å²) in [5, 5.41) is 10.3. The quantitative estimate of drug-likeness (QED) is 0.441. The summed E-state index contributed by atoms with van der Waals surface area (Å²) in [7, 11) is 0. The van der Waals surface area contributed by atoms with Crippen molar-refractivity contribution in [3.05, 3.63) is 77.5 Å². The topological polar surface area (TPSA) is 48.5 Å². The van der Waals surface area contributed by atoms with Crippen molar-refractivity contribution in [2.24, 2.45) is 0 Å². The number of hydrogen-bond acceptors (Lipinski definition) is 3. The van der Waals surface area contributed by atoms with Gasteiger partial charge in [0.15, 0.2) is 0 Å². The van der Waals surface area contributed by atoms with E-state index in [0.717, 1.165) is 27.9 Å². The molecule has 5 rings (SSSR count). The Morgan fingerprint density at radius 3 is 2.21 bits per heavy atom.